The number of nitrogens with zero attached hydrogens (tertiary/aromatic N) is 1. The van der Waals surface area contributed by atoms with Gasteiger partial charge in [0, 0.05) is 6.07 Å². The first-order valence-corrected chi connectivity index (χ1v) is 10.6. The minimum Gasteiger partial charge on any atom is -0.497 e. The maximum Gasteiger partial charge on any atom is 0.130 e. The second-order valence-corrected chi connectivity index (χ2v) is 7.43. The van der Waals surface area contributed by atoms with Gasteiger partial charge < -0.3 is 18.6 Å². The third kappa shape index (κ3) is 4.19. The number of methoxy groups -OCH3 is 2. The van der Waals surface area contributed by atoms with Crippen LogP contribution in [0.2, 0.25) is 0 Å². The van der Waals surface area contributed by atoms with Gasteiger partial charge in [-0.1, -0.05) is 18.2 Å². The van der Waals surface area contributed by atoms with Gasteiger partial charge in [-0.05, 0) is 68.3 Å². The minimum absolute atomic E-state index is 0.633. The molecule has 0 radical (unpaired) electrons. The van der Waals surface area contributed by atoms with E-state index in [1.165, 1.54) is 0 Å². The fraction of sp³-hybridized carbons (Fsp3) is 0.222. The van der Waals surface area contributed by atoms with Gasteiger partial charge in [-0.3, -0.25) is 0 Å². The Morgan fingerprint density at radius 2 is 1.53 bits per heavy atom. The van der Waals surface area contributed by atoms with Gasteiger partial charge in [0.2, 0.25) is 0 Å². The van der Waals surface area contributed by atoms with E-state index in [1.807, 2.05) is 75.4 Å². The van der Waals surface area contributed by atoms with Crippen molar-refractivity contribution in [3.63, 3.8) is 0 Å². The molecule has 0 aliphatic carbocycles. The van der Waals surface area contributed by atoms with E-state index in [1.54, 1.807) is 14.2 Å². The Morgan fingerprint density at radius 3 is 2.22 bits per heavy atom. The van der Waals surface area contributed by atoms with E-state index in [0.717, 1.165) is 61.7 Å². The minimum atomic E-state index is 0.633. The molecule has 0 bridgehead atoms. The first-order valence-electron chi connectivity index (χ1n) is 10.6. The lowest BCUT2D eigenvalue weighted by atomic mass is 10.1. The molecular formula is C27H27NO4. The molecule has 1 aromatic heterocycles. The van der Waals surface area contributed by atoms with Crippen LogP contribution in [0.1, 0.15) is 18.4 Å². The van der Waals surface area contributed by atoms with Gasteiger partial charge in [-0.25, -0.2) is 4.99 Å². The highest BCUT2D eigenvalue weighted by Crippen LogP contribution is 2.34. The molecule has 5 nitrogen and oxygen atoms in total. The number of furan rings is 1. The fourth-order valence-corrected chi connectivity index (χ4v) is 3.91. The molecular weight excluding hydrogens is 402 g/mol. The Balaban J connectivity index is 2.03. The van der Waals surface area contributed by atoms with Crippen LogP contribution in [0.3, 0.4) is 0 Å². The maximum atomic E-state index is 5.98. The summed E-state index contributed by atoms with van der Waals surface area (Å²) >= 11 is 0. The second kappa shape index (κ2) is 9.18. The van der Waals surface area contributed by atoms with Crippen LogP contribution in [-0.4, -0.2) is 20.8 Å². The van der Waals surface area contributed by atoms with Gasteiger partial charge in [0.25, 0.3) is 0 Å². The smallest absolute Gasteiger partial charge is 0.130 e. The Bertz CT molecular complexity index is 1320. The first kappa shape index (κ1) is 21.5. The van der Waals surface area contributed by atoms with E-state index < -0.39 is 0 Å². The van der Waals surface area contributed by atoms with Crippen LogP contribution < -0.4 is 19.6 Å². The van der Waals surface area contributed by atoms with Crippen LogP contribution >= 0.6 is 0 Å². The number of benzene rings is 2. The molecule has 32 heavy (non-hydrogen) atoms. The van der Waals surface area contributed by atoms with Gasteiger partial charge in [0.1, 0.15) is 28.8 Å². The average Bonchev–Trinajstić information content (AvgIpc) is 2.99. The average molecular weight is 430 g/mol. The van der Waals surface area contributed by atoms with Crippen LogP contribution in [0, 0.1) is 13.8 Å². The third-order valence-electron chi connectivity index (χ3n) is 5.36. The highest BCUT2D eigenvalue weighted by molar-refractivity contribution is 5.93. The molecule has 0 saturated heterocycles. The molecule has 0 atom stereocenters. The summed E-state index contributed by atoms with van der Waals surface area (Å²) < 4.78 is 22.8. The largest absolute Gasteiger partial charge is 0.497 e. The normalized spacial score (nSPS) is 11.6. The summed E-state index contributed by atoms with van der Waals surface area (Å²) in [6.45, 7) is 6.51. The topological polar surface area (TPSA) is 53.2 Å². The second-order valence-electron chi connectivity index (χ2n) is 7.43. The molecule has 0 fully saturated rings. The number of ether oxygens (including phenoxy) is 3. The SMILES string of the molecule is CCOc1ccc(-c2cc(OC)c3c(C)oc(C)c3c(=Nc3cccc(OC)c3)c2)cc1. The predicted molar refractivity (Wildman–Crippen MR) is 127 cm³/mol. The molecule has 4 aromatic rings. The monoisotopic (exact) mass is 429 g/mol. The summed E-state index contributed by atoms with van der Waals surface area (Å²) in [5.41, 5.74) is 2.83. The van der Waals surface area contributed by atoms with E-state index in [0.29, 0.717) is 6.61 Å². The molecule has 0 aliphatic heterocycles. The van der Waals surface area contributed by atoms with Crippen molar-refractivity contribution in [3.05, 3.63) is 77.5 Å². The van der Waals surface area contributed by atoms with Crippen molar-refractivity contribution in [2.24, 2.45) is 4.99 Å². The van der Waals surface area contributed by atoms with Crippen LogP contribution in [0.15, 0.2) is 70.1 Å². The number of hydrogen-bond acceptors (Lipinski definition) is 5. The van der Waals surface area contributed by atoms with Crippen molar-refractivity contribution in [3.8, 4) is 28.4 Å². The lowest BCUT2D eigenvalue weighted by Gasteiger charge is -2.05. The lowest BCUT2D eigenvalue weighted by Crippen LogP contribution is -2.00. The number of aryl methyl sites for hydroxylation is 2. The van der Waals surface area contributed by atoms with Gasteiger partial charge >= 0.3 is 0 Å². The zero-order valence-electron chi connectivity index (χ0n) is 19.1. The number of fused-ring (bicyclic) bond motifs is 1. The van der Waals surface area contributed by atoms with Gasteiger partial charge in [0.05, 0.1) is 42.6 Å². The molecule has 0 unspecified atom stereocenters. The molecule has 0 amide bonds. The van der Waals surface area contributed by atoms with E-state index in [2.05, 4.69) is 6.07 Å². The summed E-state index contributed by atoms with van der Waals surface area (Å²) in [6.07, 6.45) is 0. The molecule has 0 saturated carbocycles. The van der Waals surface area contributed by atoms with Crippen LogP contribution in [0.25, 0.3) is 21.9 Å². The molecule has 0 spiro atoms. The molecule has 0 aliphatic rings. The summed E-state index contributed by atoms with van der Waals surface area (Å²) in [4.78, 5) is 4.98. The van der Waals surface area contributed by atoms with E-state index in [4.69, 9.17) is 23.6 Å². The van der Waals surface area contributed by atoms with Crippen LogP contribution in [0.4, 0.5) is 5.69 Å². The maximum absolute atomic E-state index is 5.98. The van der Waals surface area contributed by atoms with Crippen molar-refractivity contribution in [2.45, 2.75) is 20.8 Å². The van der Waals surface area contributed by atoms with Gasteiger partial charge in [-0.15, -0.1) is 0 Å². The number of hydrogen-bond donors (Lipinski definition) is 0. The molecule has 4 rings (SSSR count). The van der Waals surface area contributed by atoms with Crippen LogP contribution in [-0.2, 0) is 0 Å². The van der Waals surface area contributed by atoms with Crippen molar-refractivity contribution >= 4 is 16.5 Å². The van der Waals surface area contributed by atoms with E-state index in [9.17, 15) is 0 Å². The quantitative estimate of drug-likeness (QED) is 0.358. The highest BCUT2D eigenvalue weighted by atomic mass is 16.5. The zero-order valence-corrected chi connectivity index (χ0v) is 19.1. The molecule has 0 N–H and O–H groups in total. The fourth-order valence-electron chi connectivity index (χ4n) is 3.91. The molecule has 3 aromatic carbocycles. The van der Waals surface area contributed by atoms with Crippen molar-refractivity contribution < 1.29 is 18.6 Å². The van der Waals surface area contributed by atoms with E-state index in [-0.39, 0.29) is 0 Å². The standard InChI is InChI=1S/C27H27NO4/c1-6-31-22-12-10-19(11-13-22)20-14-24(28-21-8-7-9-23(16-21)29-4)26-17(2)32-18(3)27(26)25(15-20)30-5/h7-16H,6H2,1-5H3. The molecule has 164 valence electrons. The number of rotatable bonds is 6. The Morgan fingerprint density at radius 1 is 0.781 bits per heavy atom. The first-order chi connectivity index (χ1) is 15.5. The Kier molecular flexibility index (Phi) is 6.17. The Labute approximate surface area is 187 Å². The zero-order chi connectivity index (χ0) is 22.7. The molecule has 5 heteroatoms. The summed E-state index contributed by atoms with van der Waals surface area (Å²) in [7, 11) is 3.33. The van der Waals surface area contributed by atoms with Crippen molar-refractivity contribution in [2.75, 3.05) is 20.8 Å². The predicted octanol–water partition coefficient (Wildman–Crippen LogP) is 6.36. The van der Waals surface area contributed by atoms with E-state index >= 15 is 0 Å². The summed E-state index contributed by atoms with van der Waals surface area (Å²) in [5, 5.41) is 2.65. The third-order valence-corrected chi connectivity index (χ3v) is 5.36. The van der Waals surface area contributed by atoms with Crippen LogP contribution in [0.5, 0.6) is 17.2 Å². The van der Waals surface area contributed by atoms with Crippen molar-refractivity contribution in [1.82, 2.24) is 0 Å². The Hall–Kier alpha value is -3.73. The van der Waals surface area contributed by atoms with Gasteiger partial charge in [0.15, 0.2) is 0 Å². The van der Waals surface area contributed by atoms with Crippen molar-refractivity contribution in [1.29, 1.82) is 0 Å². The highest BCUT2D eigenvalue weighted by Gasteiger charge is 2.15. The summed E-state index contributed by atoms with van der Waals surface area (Å²) in [5.74, 6) is 3.93. The molecule has 1 heterocycles. The van der Waals surface area contributed by atoms with Gasteiger partial charge in [-0.2, -0.15) is 0 Å². The summed E-state index contributed by atoms with van der Waals surface area (Å²) in [6, 6.07) is 19.8. The lowest BCUT2D eigenvalue weighted by molar-refractivity contribution is 0.340.